The largest absolute Gasteiger partial charge is 0.497 e. The molecular formula is C19H26N4O3. The molecule has 140 valence electrons. The minimum Gasteiger partial charge on any atom is -0.497 e. The van der Waals surface area contributed by atoms with Gasteiger partial charge in [-0.25, -0.2) is 0 Å². The Balaban J connectivity index is 1.55. The molecule has 0 saturated carbocycles. The van der Waals surface area contributed by atoms with Crippen molar-refractivity contribution in [2.45, 2.75) is 38.6 Å². The van der Waals surface area contributed by atoms with E-state index in [1.807, 2.05) is 36.1 Å². The third-order valence-corrected chi connectivity index (χ3v) is 4.92. The van der Waals surface area contributed by atoms with E-state index in [0.29, 0.717) is 30.5 Å². The fraction of sp³-hybridized carbons (Fsp3) is 0.526. The number of likely N-dealkylation sites (tertiary alicyclic amines) is 1. The molecule has 3 rings (SSSR count). The van der Waals surface area contributed by atoms with Crippen LogP contribution in [-0.2, 0) is 11.2 Å². The van der Waals surface area contributed by atoms with Gasteiger partial charge in [-0.2, -0.15) is 4.98 Å². The predicted octanol–water partition coefficient (Wildman–Crippen LogP) is 2.26. The number of carbonyl (C=O) groups excluding carboxylic acids is 1. The van der Waals surface area contributed by atoms with Gasteiger partial charge in [-0.15, -0.1) is 0 Å². The monoisotopic (exact) mass is 358 g/mol. The van der Waals surface area contributed by atoms with Gasteiger partial charge in [0.05, 0.1) is 7.11 Å². The molecule has 7 heteroatoms. The predicted molar refractivity (Wildman–Crippen MR) is 97.6 cm³/mol. The molecule has 2 atom stereocenters. The second-order valence-electron chi connectivity index (χ2n) is 6.84. The molecule has 0 bridgehead atoms. The summed E-state index contributed by atoms with van der Waals surface area (Å²) >= 11 is 0. The van der Waals surface area contributed by atoms with Gasteiger partial charge in [0.2, 0.25) is 17.6 Å². The van der Waals surface area contributed by atoms with Crippen molar-refractivity contribution in [1.29, 1.82) is 0 Å². The smallest absolute Gasteiger partial charge is 0.227 e. The molecule has 0 aliphatic carbocycles. The summed E-state index contributed by atoms with van der Waals surface area (Å²) in [6.07, 6.45) is 2.92. The van der Waals surface area contributed by atoms with Crippen LogP contribution in [0.4, 0.5) is 0 Å². The molecule has 2 N–H and O–H groups in total. The summed E-state index contributed by atoms with van der Waals surface area (Å²) in [5, 5.41) is 4.00. The van der Waals surface area contributed by atoms with E-state index in [2.05, 4.69) is 10.1 Å². The zero-order chi connectivity index (χ0) is 18.5. The van der Waals surface area contributed by atoms with Gasteiger partial charge in [0.1, 0.15) is 5.75 Å². The van der Waals surface area contributed by atoms with Crippen molar-refractivity contribution in [3.63, 3.8) is 0 Å². The van der Waals surface area contributed by atoms with Crippen molar-refractivity contribution < 1.29 is 14.1 Å². The van der Waals surface area contributed by atoms with Crippen LogP contribution in [0.1, 0.15) is 32.1 Å². The molecule has 1 saturated heterocycles. The number of aryl methyl sites for hydroxylation is 1. The molecule has 2 aromatic rings. The van der Waals surface area contributed by atoms with Gasteiger partial charge in [-0.05, 0) is 49.9 Å². The van der Waals surface area contributed by atoms with Crippen LogP contribution in [0.25, 0.3) is 11.4 Å². The summed E-state index contributed by atoms with van der Waals surface area (Å²) in [5.74, 6) is 2.28. The Bertz CT molecular complexity index is 727. The Hall–Kier alpha value is -2.41. The minimum absolute atomic E-state index is 0.119. The molecule has 1 aliphatic heterocycles. The van der Waals surface area contributed by atoms with Gasteiger partial charge >= 0.3 is 0 Å². The number of amides is 1. The van der Waals surface area contributed by atoms with Crippen molar-refractivity contribution in [1.82, 2.24) is 15.0 Å². The molecule has 1 aromatic carbocycles. The Kier molecular flexibility index (Phi) is 5.88. The van der Waals surface area contributed by atoms with Crippen LogP contribution in [-0.4, -0.2) is 47.2 Å². The molecule has 2 heterocycles. The van der Waals surface area contributed by atoms with Crippen LogP contribution in [0.15, 0.2) is 28.8 Å². The molecule has 0 spiro atoms. The van der Waals surface area contributed by atoms with E-state index in [1.165, 1.54) is 0 Å². The maximum Gasteiger partial charge on any atom is 0.227 e. The van der Waals surface area contributed by atoms with E-state index in [-0.39, 0.29) is 11.9 Å². The lowest BCUT2D eigenvalue weighted by atomic mass is 9.92. The number of methoxy groups -OCH3 is 1. The van der Waals surface area contributed by atoms with Gasteiger partial charge in [0.15, 0.2) is 0 Å². The first-order chi connectivity index (χ1) is 12.6. The van der Waals surface area contributed by atoms with Crippen LogP contribution in [0.2, 0.25) is 0 Å². The number of rotatable bonds is 6. The maximum absolute atomic E-state index is 12.5. The van der Waals surface area contributed by atoms with Crippen LogP contribution in [0, 0.1) is 5.92 Å². The Labute approximate surface area is 153 Å². The van der Waals surface area contributed by atoms with Crippen LogP contribution in [0.5, 0.6) is 5.75 Å². The highest BCUT2D eigenvalue weighted by Gasteiger charge is 2.25. The van der Waals surface area contributed by atoms with Crippen molar-refractivity contribution in [3.05, 3.63) is 30.2 Å². The molecule has 2 unspecified atom stereocenters. The molecule has 7 nitrogen and oxygen atoms in total. The summed E-state index contributed by atoms with van der Waals surface area (Å²) in [6, 6.07) is 7.56. The zero-order valence-corrected chi connectivity index (χ0v) is 15.4. The standard InChI is InChI=1S/C19H26N4O3/c1-13(20)15-4-3-11-23(12-15)18(24)10-9-17-21-19(22-26-17)14-5-7-16(25-2)8-6-14/h5-8,13,15H,3-4,9-12,20H2,1-2H3. The normalized spacial score (nSPS) is 18.6. The molecule has 1 aromatic heterocycles. The first kappa shape index (κ1) is 18.4. The lowest BCUT2D eigenvalue weighted by Gasteiger charge is -2.34. The van der Waals surface area contributed by atoms with E-state index in [0.717, 1.165) is 37.2 Å². The SMILES string of the molecule is COc1ccc(-c2noc(CCC(=O)N3CCCC(C(C)N)C3)n2)cc1. The third-order valence-electron chi connectivity index (χ3n) is 4.92. The number of ether oxygens (including phenoxy) is 1. The fourth-order valence-electron chi connectivity index (χ4n) is 3.25. The van der Waals surface area contributed by atoms with Crippen LogP contribution in [0.3, 0.4) is 0 Å². The second kappa shape index (κ2) is 8.31. The van der Waals surface area contributed by atoms with Crippen molar-refractivity contribution in [2.24, 2.45) is 11.7 Å². The number of hydrogen-bond donors (Lipinski definition) is 1. The zero-order valence-electron chi connectivity index (χ0n) is 15.4. The van der Waals surface area contributed by atoms with Gasteiger partial charge < -0.3 is 19.9 Å². The van der Waals surface area contributed by atoms with E-state index >= 15 is 0 Å². The Morgan fingerprint density at radius 2 is 2.19 bits per heavy atom. The number of nitrogens with two attached hydrogens (primary N) is 1. The Morgan fingerprint density at radius 1 is 1.42 bits per heavy atom. The van der Waals surface area contributed by atoms with Gasteiger partial charge in [0, 0.05) is 37.5 Å². The summed E-state index contributed by atoms with van der Waals surface area (Å²) in [4.78, 5) is 18.8. The quantitative estimate of drug-likeness (QED) is 0.851. The molecule has 1 aliphatic rings. The first-order valence-electron chi connectivity index (χ1n) is 9.07. The lowest BCUT2D eigenvalue weighted by molar-refractivity contribution is -0.133. The first-order valence-corrected chi connectivity index (χ1v) is 9.07. The number of aromatic nitrogens is 2. The van der Waals surface area contributed by atoms with Crippen LogP contribution < -0.4 is 10.5 Å². The third kappa shape index (κ3) is 4.40. The number of piperidine rings is 1. The number of nitrogens with zero attached hydrogens (tertiary/aromatic N) is 3. The van der Waals surface area contributed by atoms with Gasteiger partial charge in [-0.1, -0.05) is 5.16 Å². The summed E-state index contributed by atoms with van der Waals surface area (Å²) in [5.41, 5.74) is 6.84. The van der Waals surface area contributed by atoms with E-state index in [1.54, 1.807) is 7.11 Å². The summed E-state index contributed by atoms with van der Waals surface area (Å²) in [7, 11) is 1.62. The Morgan fingerprint density at radius 3 is 2.88 bits per heavy atom. The molecule has 1 fully saturated rings. The molecule has 26 heavy (non-hydrogen) atoms. The summed E-state index contributed by atoms with van der Waals surface area (Å²) in [6.45, 7) is 3.57. The van der Waals surface area contributed by atoms with Gasteiger partial charge in [0.25, 0.3) is 0 Å². The highest BCUT2D eigenvalue weighted by molar-refractivity contribution is 5.76. The van der Waals surface area contributed by atoms with Crippen molar-refractivity contribution in [2.75, 3.05) is 20.2 Å². The summed E-state index contributed by atoms with van der Waals surface area (Å²) < 4.78 is 10.4. The minimum atomic E-state index is 0.119. The lowest BCUT2D eigenvalue weighted by Crippen LogP contribution is -2.45. The van der Waals surface area contributed by atoms with Crippen molar-refractivity contribution in [3.8, 4) is 17.1 Å². The average Bonchev–Trinajstić information content (AvgIpc) is 3.15. The maximum atomic E-state index is 12.5. The number of hydrogen-bond acceptors (Lipinski definition) is 6. The second-order valence-corrected chi connectivity index (χ2v) is 6.84. The van der Waals surface area contributed by atoms with E-state index < -0.39 is 0 Å². The number of benzene rings is 1. The highest BCUT2D eigenvalue weighted by Crippen LogP contribution is 2.21. The molecular weight excluding hydrogens is 332 g/mol. The molecule has 1 amide bonds. The average molecular weight is 358 g/mol. The van der Waals surface area contributed by atoms with Gasteiger partial charge in [-0.3, -0.25) is 4.79 Å². The van der Waals surface area contributed by atoms with E-state index in [4.69, 9.17) is 15.0 Å². The fourth-order valence-corrected chi connectivity index (χ4v) is 3.25. The van der Waals surface area contributed by atoms with Crippen LogP contribution >= 0.6 is 0 Å². The molecule has 0 radical (unpaired) electrons. The van der Waals surface area contributed by atoms with E-state index in [9.17, 15) is 4.79 Å². The number of carbonyl (C=O) groups is 1. The topological polar surface area (TPSA) is 94.5 Å². The highest BCUT2D eigenvalue weighted by atomic mass is 16.5. The van der Waals surface area contributed by atoms with Crippen molar-refractivity contribution >= 4 is 5.91 Å².